The number of hydrogen-bond acceptors (Lipinski definition) is 2. The molecule has 0 bridgehead atoms. The zero-order chi connectivity index (χ0) is 18.4. The number of nitrogens with two attached hydrogens (primary N) is 1. The third kappa shape index (κ3) is 3.37. The van der Waals surface area contributed by atoms with Crippen LogP contribution in [0.5, 0.6) is 0 Å². The summed E-state index contributed by atoms with van der Waals surface area (Å²) in [6, 6.07) is 6.73. The van der Waals surface area contributed by atoms with E-state index in [-0.39, 0.29) is 26.4 Å². The van der Waals surface area contributed by atoms with Gasteiger partial charge in [-0.05, 0) is 24.3 Å². The van der Waals surface area contributed by atoms with E-state index >= 15 is 0 Å². The molecule has 0 saturated heterocycles. The van der Waals surface area contributed by atoms with Gasteiger partial charge in [-0.2, -0.15) is 18.3 Å². The largest absolute Gasteiger partial charge is 0.416 e. The molecule has 2 heterocycles. The second-order valence-corrected chi connectivity index (χ2v) is 6.29. The van der Waals surface area contributed by atoms with Gasteiger partial charge in [0.1, 0.15) is 22.2 Å². The predicted octanol–water partition coefficient (Wildman–Crippen LogP) is 4.62. The van der Waals surface area contributed by atoms with Gasteiger partial charge >= 0.3 is 6.18 Å². The first-order chi connectivity index (χ1) is 11.7. The van der Waals surface area contributed by atoms with Gasteiger partial charge in [-0.3, -0.25) is 0 Å². The van der Waals surface area contributed by atoms with Crippen molar-refractivity contribution < 1.29 is 13.2 Å². The molecule has 0 spiro atoms. The van der Waals surface area contributed by atoms with E-state index in [4.69, 9.17) is 41.2 Å². The van der Waals surface area contributed by atoms with Gasteiger partial charge in [0.2, 0.25) is 0 Å². The minimum atomic E-state index is -4.57. The van der Waals surface area contributed by atoms with Crippen molar-refractivity contribution in [2.45, 2.75) is 6.18 Å². The van der Waals surface area contributed by atoms with Gasteiger partial charge in [-0.25, -0.2) is 4.68 Å². The normalized spacial score (nSPS) is 11.7. The number of rotatable bonds is 3. The van der Waals surface area contributed by atoms with Crippen molar-refractivity contribution >= 4 is 40.4 Å². The molecule has 0 radical (unpaired) electrons. The van der Waals surface area contributed by atoms with Gasteiger partial charge in [-0.1, -0.05) is 35.4 Å². The number of nitrogens with zero attached hydrogens (tertiary/aromatic N) is 3. The lowest BCUT2D eigenvalue weighted by atomic mass is 10.2. The lowest BCUT2D eigenvalue weighted by Crippen LogP contribution is -2.12. The number of benzene rings is 1. The summed E-state index contributed by atoms with van der Waals surface area (Å²) in [5.41, 5.74) is 5.05. The van der Waals surface area contributed by atoms with E-state index in [0.29, 0.717) is 5.82 Å². The fourth-order valence-corrected chi connectivity index (χ4v) is 3.01. The number of aromatic nitrogens is 3. The molecule has 0 unspecified atom stereocenters. The van der Waals surface area contributed by atoms with Gasteiger partial charge in [-0.15, -0.1) is 0 Å². The summed E-state index contributed by atoms with van der Waals surface area (Å²) in [5, 5.41) is 3.82. The highest BCUT2D eigenvalue weighted by atomic mass is 35.5. The fourth-order valence-electron chi connectivity index (χ4n) is 2.26. The summed E-state index contributed by atoms with van der Waals surface area (Å²) >= 11 is 17.1. The Morgan fingerprint density at radius 1 is 1.08 bits per heavy atom. The molecule has 0 amide bonds. The van der Waals surface area contributed by atoms with Gasteiger partial charge in [0.05, 0.1) is 15.6 Å². The Hall–Kier alpha value is -2.03. The van der Waals surface area contributed by atoms with Crippen LogP contribution in [0.4, 0.5) is 13.2 Å². The second-order valence-electron chi connectivity index (χ2n) is 5.04. The van der Waals surface area contributed by atoms with Crippen molar-refractivity contribution in [3.05, 3.63) is 64.0 Å². The molecule has 130 valence electrons. The van der Waals surface area contributed by atoms with Crippen molar-refractivity contribution in [3.8, 4) is 11.5 Å². The molecule has 2 aromatic heterocycles. The third-order valence-electron chi connectivity index (χ3n) is 3.37. The molecule has 10 heteroatoms. The van der Waals surface area contributed by atoms with E-state index in [0.717, 1.165) is 12.1 Å². The van der Waals surface area contributed by atoms with Crippen LogP contribution in [0.2, 0.25) is 10.0 Å². The van der Waals surface area contributed by atoms with Crippen molar-refractivity contribution in [1.82, 2.24) is 14.3 Å². The number of alkyl halides is 3. The van der Waals surface area contributed by atoms with E-state index < -0.39 is 11.7 Å². The Bertz CT molecular complexity index is 925. The first-order valence-electron chi connectivity index (χ1n) is 6.78. The monoisotopic (exact) mass is 404 g/mol. The summed E-state index contributed by atoms with van der Waals surface area (Å²) < 4.78 is 41.7. The summed E-state index contributed by atoms with van der Waals surface area (Å²) in [6.45, 7) is 0. The van der Waals surface area contributed by atoms with Gasteiger partial charge < -0.3 is 10.3 Å². The van der Waals surface area contributed by atoms with Gasteiger partial charge in [0, 0.05) is 18.5 Å². The van der Waals surface area contributed by atoms with Crippen molar-refractivity contribution in [2.24, 2.45) is 5.73 Å². The topological polar surface area (TPSA) is 48.8 Å². The van der Waals surface area contributed by atoms with Crippen LogP contribution in [0.25, 0.3) is 11.5 Å². The van der Waals surface area contributed by atoms with E-state index in [1.54, 1.807) is 35.2 Å². The van der Waals surface area contributed by atoms with Crippen LogP contribution in [0, 0.1) is 0 Å². The highest BCUT2D eigenvalue weighted by Gasteiger charge is 2.32. The quantitative estimate of drug-likeness (QED) is 0.647. The van der Waals surface area contributed by atoms with E-state index in [2.05, 4.69) is 5.10 Å². The van der Waals surface area contributed by atoms with Gasteiger partial charge in [0.25, 0.3) is 0 Å². The number of halogens is 5. The van der Waals surface area contributed by atoms with Crippen LogP contribution in [-0.4, -0.2) is 19.3 Å². The molecule has 25 heavy (non-hydrogen) atoms. The molecule has 2 N–H and O–H groups in total. The van der Waals surface area contributed by atoms with Gasteiger partial charge in [0.15, 0.2) is 0 Å². The fraction of sp³-hybridized carbons (Fsp3) is 0.0667. The molecule has 0 aliphatic carbocycles. The van der Waals surface area contributed by atoms with E-state index in [9.17, 15) is 13.2 Å². The molecule has 0 aliphatic rings. The second kappa shape index (κ2) is 6.36. The smallest absolute Gasteiger partial charge is 0.388 e. The highest BCUT2D eigenvalue weighted by Crippen LogP contribution is 2.38. The maximum Gasteiger partial charge on any atom is 0.416 e. The SMILES string of the molecule is NC(=S)c1cc(-n2cccc2)n(-c2c(Cl)cc(C(F)(F)F)cc2Cl)n1. The Labute approximate surface area is 155 Å². The Balaban J connectivity index is 2.25. The van der Waals surface area contributed by atoms with E-state index in [1.165, 1.54) is 4.68 Å². The summed E-state index contributed by atoms with van der Waals surface area (Å²) in [5.74, 6) is 0.469. The number of thiocarbonyl (C=S) groups is 1. The maximum absolute atomic E-state index is 12.9. The molecule has 0 saturated carbocycles. The molecule has 3 rings (SSSR count). The molecule has 3 aromatic rings. The first-order valence-corrected chi connectivity index (χ1v) is 7.94. The summed E-state index contributed by atoms with van der Waals surface area (Å²) in [4.78, 5) is 0.0336. The average molecular weight is 405 g/mol. The maximum atomic E-state index is 12.9. The lowest BCUT2D eigenvalue weighted by molar-refractivity contribution is -0.137. The molecular weight excluding hydrogens is 396 g/mol. The van der Waals surface area contributed by atoms with Crippen LogP contribution in [-0.2, 0) is 6.18 Å². The first kappa shape index (κ1) is 17.8. The van der Waals surface area contributed by atoms with Crippen molar-refractivity contribution in [1.29, 1.82) is 0 Å². The minimum absolute atomic E-state index is 0.0336. The highest BCUT2D eigenvalue weighted by molar-refractivity contribution is 7.80. The zero-order valence-corrected chi connectivity index (χ0v) is 14.6. The molecule has 4 nitrogen and oxygen atoms in total. The van der Waals surface area contributed by atoms with Crippen LogP contribution in [0.15, 0.2) is 42.7 Å². The molecule has 1 aromatic carbocycles. The number of hydrogen-bond donors (Lipinski definition) is 1. The Morgan fingerprint density at radius 3 is 2.12 bits per heavy atom. The molecule has 0 fully saturated rings. The summed E-state index contributed by atoms with van der Waals surface area (Å²) in [6.07, 6.45) is -1.12. The van der Waals surface area contributed by atoms with Crippen LogP contribution in [0.1, 0.15) is 11.3 Å². The molecule has 0 aliphatic heterocycles. The molecular formula is C15H9Cl2F3N4S. The standard InChI is InChI=1S/C15H9Cl2F3N4S/c16-9-5-8(15(18,19)20)6-10(17)13(9)24-12(23-3-1-2-4-23)7-11(22-24)14(21)25/h1-7H,(H2,21,25). The lowest BCUT2D eigenvalue weighted by Gasteiger charge is -2.14. The van der Waals surface area contributed by atoms with Crippen molar-refractivity contribution in [2.75, 3.05) is 0 Å². The minimum Gasteiger partial charge on any atom is -0.388 e. The van der Waals surface area contributed by atoms with Crippen LogP contribution < -0.4 is 5.73 Å². The average Bonchev–Trinajstić information content (AvgIpc) is 3.14. The van der Waals surface area contributed by atoms with Crippen LogP contribution >= 0.6 is 35.4 Å². The Kier molecular flexibility index (Phi) is 4.52. The zero-order valence-electron chi connectivity index (χ0n) is 12.3. The van der Waals surface area contributed by atoms with Crippen LogP contribution in [0.3, 0.4) is 0 Å². The van der Waals surface area contributed by atoms with Crippen molar-refractivity contribution in [3.63, 3.8) is 0 Å². The molecule has 0 atom stereocenters. The predicted molar refractivity (Wildman–Crippen MR) is 93.8 cm³/mol. The van der Waals surface area contributed by atoms with E-state index in [1.807, 2.05) is 0 Å². The third-order valence-corrected chi connectivity index (χ3v) is 4.15. The summed E-state index contributed by atoms with van der Waals surface area (Å²) in [7, 11) is 0. The Morgan fingerprint density at radius 2 is 1.64 bits per heavy atom.